The molecule has 7 nitrogen and oxygen atoms in total. The maximum absolute atomic E-state index is 12.2. The second kappa shape index (κ2) is 9.57. The van der Waals surface area contributed by atoms with Crippen molar-refractivity contribution in [3.05, 3.63) is 60.7 Å². The normalized spacial score (nSPS) is 15.5. The van der Waals surface area contributed by atoms with E-state index in [4.69, 9.17) is 0 Å². The number of para-hydroxylation sites is 1. The number of rotatable bonds is 6. The molecule has 1 aliphatic heterocycles. The molecule has 0 spiro atoms. The summed E-state index contributed by atoms with van der Waals surface area (Å²) >= 11 is 0. The van der Waals surface area contributed by atoms with Crippen LogP contribution in [0, 0.1) is 0 Å². The Hall–Kier alpha value is -2.58. The lowest BCUT2D eigenvalue weighted by atomic mass is 10.2. The van der Waals surface area contributed by atoms with E-state index in [9.17, 15) is 8.42 Å². The Bertz CT molecular complexity index is 864. The molecule has 1 heterocycles. The first-order chi connectivity index (χ1) is 13.6. The summed E-state index contributed by atoms with van der Waals surface area (Å²) in [7, 11) is -1.73. The van der Waals surface area contributed by atoms with Crippen LogP contribution >= 0.6 is 0 Å². The molecule has 1 fully saturated rings. The summed E-state index contributed by atoms with van der Waals surface area (Å²) in [6.07, 6.45) is 0. The van der Waals surface area contributed by atoms with Crippen LogP contribution in [-0.4, -0.2) is 65.6 Å². The van der Waals surface area contributed by atoms with Crippen molar-refractivity contribution in [1.29, 1.82) is 0 Å². The third kappa shape index (κ3) is 5.24. The summed E-state index contributed by atoms with van der Waals surface area (Å²) < 4.78 is 27.1. The highest BCUT2D eigenvalue weighted by Crippen LogP contribution is 2.15. The average Bonchev–Trinajstić information content (AvgIpc) is 2.75. The third-order valence-corrected chi connectivity index (χ3v) is 6.14. The number of aliphatic imine (C=N–C) groups is 1. The molecular formula is C20H27N5O2S. The Morgan fingerprint density at radius 2 is 1.54 bits per heavy atom. The minimum absolute atomic E-state index is 0.274. The zero-order chi connectivity index (χ0) is 19.8. The van der Waals surface area contributed by atoms with Gasteiger partial charge in [-0.3, -0.25) is 4.99 Å². The van der Waals surface area contributed by atoms with Crippen molar-refractivity contribution in [1.82, 2.24) is 14.9 Å². The van der Waals surface area contributed by atoms with E-state index in [0.717, 1.165) is 32.1 Å². The monoisotopic (exact) mass is 401 g/mol. The maximum Gasteiger partial charge on any atom is 0.240 e. The second-order valence-corrected chi connectivity index (χ2v) is 8.26. The fraction of sp³-hybridized carbons (Fsp3) is 0.350. The number of piperazine rings is 1. The summed E-state index contributed by atoms with van der Waals surface area (Å²) in [5.74, 6) is 0.798. The maximum atomic E-state index is 12.2. The molecule has 1 saturated heterocycles. The first-order valence-electron chi connectivity index (χ1n) is 9.40. The number of nitrogens with zero attached hydrogens (tertiary/aromatic N) is 3. The number of anilines is 1. The predicted octanol–water partition coefficient (Wildman–Crippen LogP) is 1.36. The fourth-order valence-electron chi connectivity index (χ4n) is 3.19. The molecule has 2 aromatic carbocycles. The molecule has 0 aliphatic carbocycles. The Morgan fingerprint density at radius 1 is 0.929 bits per heavy atom. The topological polar surface area (TPSA) is 77.0 Å². The molecule has 28 heavy (non-hydrogen) atoms. The summed E-state index contributed by atoms with van der Waals surface area (Å²) in [4.78, 5) is 9.17. The van der Waals surface area contributed by atoms with Gasteiger partial charge in [-0.15, -0.1) is 0 Å². The zero-order valence-electron chi connectivity index (χ0n) is 16.1. The van der Waals surface area contributed by atoms with Gasteiger partial charge in [0.15, 0.2) is 5.96 Å². The van der Waals surface area contributed by atoms with Crippen LogP contribution in [-0.2, 0) is 10.0 Å². The van der Waals surface area contributed by atoms with Gasteiger partial charge < -0.3 is 15.1 Å². The highest BCUT2D eigenvalue weighted by molar-refractivity contribution is 7.89. The molecule has 0 amide bonds. The lowest BCUT2D eigenvalue weighted by Gasteiger charge is -2.37. The van der Waals surface area contributed by atoms with Crippen molar-refractivity contribution < 1.29 is 8.42 Å². The Balaban J connectivity index is 1.44. The molecule has 0 aromatic heterocycles. The van der Waals surface area contributed by atoms with Gasteiger partial charge in [-0.25, -0.2) is 13.1 Å². The summed E-state index contributed by atoms with van der Waals surface area (Å²) in [6, 6.07) is 18.8. The summed E-state index contributed by atoms with van der Waals surface area (Å²) in [6.45, 7) is 4.34. The van der Waals surface area contributed by atoms with Crippen LogP contribution in [0.5, 0.6) is 0 Å². The number of hydrogen-bond acceptors (Lipinski definition) is 4. The molecule has 1 aliphatic rings. The van der Waals surface area contributed by atoms with E-state index in [0.29, 0.717) is 13.1 Å². The van der Waals surface area contributed by atoms with Gasteiger partial charge >= 0.3 is 0 Å². The fourth-order valence-corrected chi connectivity index (χ4v) is 4.24. The molecule has 0 bridgehead atoms. The Morgan fingerprint density at radius 3 is 2.14 bits per heavy atom. The SMILES string of the molecule is CN=C(NCCNS(=O)(=O)c1ccccc1)N1CCN(c2ccccc2)CC1. The van der Waals surface area contributed by atoms with Crippen molar-refractivity contribution in [3.8, 4) is 0 Å². The van der Waals surface area contributed by atoms with E-state index in [1.165, 1.54) is 5.69 Å². The van der Waals surface area contributed by atoms with Crippen LogP contribution in [0.2, 0.25) is 0 Å². The molecule has 0 unspecified atom stereocenters. The molecule has 2 N–H and O–H groups in total. The minimum Gasteiger partial charge on any atom is -0.368 e. The third-order valence-electron chi connectivity index (χ3n) is 4.67. The van der Waals surface area contributed by atoms with Crippen molar-refractivity contribution >= 4 is 21.7 Å². The van der Waals surface area contributed by atoms with Crippen LogP contribution in [0.3, 0.4) is 0 Å². The van der Waals surface area contributed by atoms with Crippen molar-refractivity contribution in [2.75, 3.05) is 51.2 Å². The molecular weight excluding hydrogens is 374 g/mol. The van der Waals surface area contributed by atoms with Crippen molar-refractivity contribution in [2.45, 2.75) is 4.90 Å². The van der Waals surface area contributed by atoms with Crippen molar-refractivity contribution in [3.63, 3.8) is 0 Å². The zero-order valence-corrected chi connectivity index (χ0v) is 16.9. The first kappa shape index (κ1) is 20.2. The van der Waals surface area contributed by atoms with Crippen LogP contribution in [0.4, 0.5) is 5.69 Å². The first-order valence-corrected chi connectivity index (χ1v) is 10.9. The predicted molar refractivity (Wildman–Crippen MR) is 113 cm³/mol. The molecule has 150 valence electrons. The van der Waals surface area contributed by atoms with E-state index >= 15 is 0 Å². The lowest BCUT2D eigenvalue weighted by Crippen LogP contribution is -2.53. The minimum atomic E-state index is -3.48. The number of sulfonamides is 1. The molecule has 2 aromatic rings. The summed E-state index contributed by atoms with van der Waals surface area (Å²) in [5.41, 5.74) is 1.24. The van der Waals surface area contributed by atoms with Crippen LogP contribution < -0.4 is 14.9 Å². The molecule has 0 radical (unpaired) electrons. The van der Waals surface area contributed by atoms with Gasteiger partial charge in [-0.1, -0.05) is 36.4 Å². The van der Waals surface area contributed by atoms with E-state index in [1.807, 2.05) is 6.07 Å². The average molecular weight is 402 g/mol. The Labute approximate surface area is 167 Å². The van der Waals surface area contributed by atoms with Gasteiger partial charge in [-0.05, 0) is 24.3 Å². The smallest absolute Gasteiger partial charge is 0.240 e. The number of guanidine groups is 1. The van der Waals surface area contributed by atoms with Crippen LogP contribution in [0.25, 0.3) is 0 Å². The highest BCUT2D eigenvalue weighted by atomic mass is 32.2. The van der Waals surface area contributed by atoms with Gasteiger partial charge in [0.2, 0.25) is 10.0 Å². The largest absolute Gasteiger partial charge is 0.368 e. The highest BCUT2D eigenvalue weighted by Gasteiger charge is 2.19. The molecule has 3 rings (SSSR count). The molecule has 0 atom stereocenters. The van der Waals surface area contributed by atoms with Crippen molar-refractivity contribution in [2.24, 2.45) is 4.99 Å². The van der Waals surface area contributed by atoms with E-state index in [1.54, 1.807) is 37.4 Å². The lowest BCUT2D eigenvalue weighted by molar-refractivity contribution is 0.373. The van der Waals surface area contributed by atoms with Gasteiger partial charge in [0, 0.05) is 52.0 Å². The second-order valence-electron chi connectivity index (χ2n) is 6.49. The van der Waals surface area contributed by atoms with E-state index in [-0.39, 0.29) is 4.90 Å². The number of benzene rings is 2. The van der Waals surface area contributed by atoms with Crippen LogP contribution in [0.15, 0.2) is 70.6 Å². The van der Waals surface area contributed by atoms with Gasteiger partial charge in [0.1, 0.15) is 0 Å². The van der Waals surface area contributed by atoms with Gasteiger partial charge in [-0.2, -0.15) is 0 Å². The van der Waals surface area contributed by atoms with Gasteiger partial charge in [0.25, 0.3) is 0 Å². The number of nitrogens with one attached hydrogen (secondary N) is 2. The van der Waals surface area contributed by atoms with Crippen LogP contribution in [0.1, 0.15) is 0 Å². The quantitative estimate of drug-likeness (QED) is 0.434. The molecule has 0 saturated carbocycles. The molecule has 8 heteroatoms. The van der Waals surface area contributed by atoms with E-state index in [2.05, 4.69) is 49.1 Å². The number of hydrogen-bond donors (Lipinski definition) is 2. The standard InChI is InChI=1S/C20H27N5O2S/c1-21-20(22-12-13-23-28(26,27)19-10-6-3-7-11-19)25-16-14-24(15-17-25)18-8-4-2-5-9-18/h2-11,23H,12-17H2,1H3,(H,21,22). The van der Waals surface area contributed by atoms with E-state index < -0.39 is 10.0 Å². The Kier molecular flexibility index (Phi) is 6.89. The van der Waals surface area contributed by atoms with Gasteiger partial charge in [0.05, 0.1) is 4.90 Å². The summed E-state index contributed by atoms with van der Waals surface area (Å²) in [5, 5.41) is 3.25.